The zero-order valence-corrected chi connectivity index (χ0v) is 17.3. The van der Waals surface area contributed by atoms with Crippen LogP contribution < -0.4 is 10.6 Å². The van der Waals surface area contributed by atoms with Crippen molar-refractivity contribution in [2.45, 2.75) is 71.1 Å². The third-order valence-corrected chi connectivity index (χ3v) is 5.96. The van der Waals surface area contributed by atoms with E-state index in [0.717, 1.165) is 31.4 Å². The van der Waals surface area contributed by atoms with Gasteiger partial charge >= 0.3 is 0 Å². The number of rotatable bonds is 4. The minimum atomic E-state index is -0.416. The number of carbonyl (C=O) groups excluding carboxylic acids is 2. The van der Waals surface area contributed by atoms with Crippen LogP contribution in [-0.2, 0) is 22.6 Å². The van der Waals surface area contributed by atoms with Gasteiger partial charge in [-0.1, -0.05) is 38.1 Å². The van der Waals surface area contributed by atoms with Crippen molar-refractivity contribution < 1.29 is 9.59 Å². The van der Waals surface area contributed by atoms with E-state index >= 15 is 0 Å². The van der Waals surface area contributed by atoms with Crippen molar-refractivity contribution in [1.29, 1.82) is 0 Å². The van der Waals surface area contributed by atoms with Crippen molar-refractivity contribution in [3.8, 4) is 0 Å². The molecule has 2 N–H and O–H groups in total. The molecule has 2 aliphatic rings. The number of halogens is 1. The molecule has 1 aromatic carbocycles. The van der Waals surface area contributed by atoms with Crippen LogP contribution in [0.3, 0.4) is 0 Å². The first-order valence-electron chi connectivity index (χ1n) is 9.92. The Morgan fingerprint density at radius 1 is 1.30 bits per heavy atom. The van der Waals surface area contributed by atoms with Gasteiger partial charge in [0, 0.05) is 31.0 Å². The van der Waals surface area contributed by atoms with Crippen LogP contribution in [0.4, 0.5) is 0 Å². The van der Waals surface area contributed by atoms with Crippen LogP contribution in [-0.4, -0.2) is 41.4 Å². The first-order valence-corrected chi connectivity index (χ1v) is 9.92. The fourth-order valence-corrected chi connectivity index (χ4v) is 3.97. The fraction of sp³-hybridized carbons (Fsp3) is 0.619. The van der Waals surface area contributed by atoms with Crippen LogP contribution in [0.5, 0.6) is 0 Å². The number of benzene rings is 1. The Bertz CT molecular complexity index is 667. The minimum absolute atomic E-state index is 0. The van der Waals surface area contributed by atoms with Gasteiger partial charge in [0.1, 0.15) is 6.04 Å². The van der Waals surface area contributed by atoms with E-state index in [0.29, 0.717) is 13.0 Å². The quantitative estimate of drug-likeness (QED) is 0.826. The predicted octanol–water partition coefficient (Wildman–Crippen LogP) is 2.66. The van der Waals surface area contributed by atoms with Gasteiger partial charge in [-0.2, -0.15) is 0 Å². The number of hydrogen-bond donors (Lipinski definition) is 2. The maximum atomic E-state index is 13.1. The number of carbonyl (C=O) groups is 2. The summed E-state index contributed by atoms with van der Waals surface area (Å²) in [7, 11) is 0. The number of amides is 2. The average Bonchev–Trinajstić information content (AvgIpc) is 2.67. The summed E-state index contributed by atoms with van der Waals surface area (Å²) in [6.07, 6.45) is 3.44. The summed E-state index contributed by atoms with van der Waals surface area (Å²) in [5.41, 5.74) is 2.33. The van der Waals surface area contributed by atoms with Gasteiger partial charge in [0.2, 0.25) is 11.8 Å². The topological polar surface area (TPSA) is 61.4 Å². The molecule has 150 valence electrons. The van der Waals surface area contributed by atoms with E-state index < -0.39 is 6.04 Å². The SMILES string of the molecule is CCC(C)C(=O)N1Cc2ccccc2CC1C(=O)NC1CCCNC1C.Cl. The second-order valence-corrected chi connectivity index (χ2v) is 7.76. The Labute approximate surface area is 168 Å². The van der Waals surface area contributed by atoms with Gasteiger partial charge in [0.05, 0.1) is 0 Å². The lowest BCUT2D eigenvalue weighted by atomic mass is 9.91. The van der Waals surface area contributed by atoms with Gasteiger partial charge in [-0.3, -0.25) is 9.59 Å². The summed E-state index contributed by atoms with van der Waals surface area (Å²) >= 11 is 0. The van der Waals surface area contributed by atoms with E-state index in [9.17, 15) is 9.59 Å². The Morgan fingerprint density at radius 2 is 2.00 bits per heavy atom. The second-order valence-electron chi connectivity index (χ2n) is 7.76. The van der Waals surface area contributed by atoms with Crippen LogP contribution in [0, 0.1) is 5.92 Å². The van der Waals surface area contributed by atoms with E-state index in [2.05, 4.69) is 29.7 Å². The van der Waals surface area contributed by atoms with Crippen LogP contribution in [0.2, 0.25) is 0 Å². The number of fused-ring (bicyclic) bond motifs is 1. The lowest BCUT2D eigenvalue weighted by Gasteiger charge is -2.39. The molecule has 5 nitrogen and oxygen atoms in total. The molecule has 0 spiro atoms. The molecular weight excluding hydrogens is 362 g/mol. The summed E-state index contributed by atoms with van der Waals surface area (Å²) in [5.74, 6) is -0.000454. The Balaban J connectivity index is 0.00000261. The highest BCUT2D eigenvalue weighted by molar-refractivity contribution is 5.89. The molecule has 6 heteroatoms. The van der Waals surface area contributed by atoms with Crippen LogP contribution >= 0.6 is 12.4 Å². The summed E-state index contributed by atoms with van der Waals surface area (Å²) in [6, 6.07) is 8.13. The molecule has 2 aliphatic heterocycles. The third-order valence-electron chi connectivity index (χ3n) is 5.96. The number of hydrogen-bond acceptors (Lipinski definition) is 3. The molecule has 1 fully saturated rings. The lowest BCUT2D eigenvalue weighted by Crippen LogP contribution is -2.59. The van der Waals surface area contributed by atoms with Crippen LogP contribution in [0.1, 0.15) is 51.2 Å². The fourth-order valence-electron chi connectivity index (χ4n) is 3.97. The first-order chi connectivity index (χ1) is 12.5. The molecule has 2 heterocycles. The van der Waals surface area contributed by atoms with Crippen molar-refractivity contribution in [1.82, 2.24) is 15.5 Å². The predicted molar refractivity (Wildman–Crippen MR) is 110 cm³/mol. The maximum absolute atomic E-state index is 13.1. The minimum Gasteiger partial charge on any atom is -0.350 e. The van der Waals surface area contributed by atoms with Gasteiger partial charge in [-0.15, -0.1) is 12.4 Å². The summed E-state index contributed by atoms with van der Waals surface area (Å²) in [6.45, 7) is 7.61. The Hall–Kier alpha value is -1.59. The molecule has 1 saturated heterocycles. The molecule has 4 atom stereocenters. The van der Waals surface area contributed by atoms with Crippen molar-refractivity contribution in [3.63, 3.8) is 0 Å². The molecule has 0 bridgehead atoms. The molecule has 0 saturated carbocycles. The van der Waals surface area contributed by atoms with Crippen LogP contribution in [0.25, 0.3) is 0 Å². The van der Waals surface area contributed by atoms with E-state index in [1.54, 1.807) is 4.90 Å². The third kappa shape index (κ3) is 4.82. The smallest absolute Gasteiger partial charge is 0.243 e. The second kappa shape index (κ2) is 9.56. The highest BCUT2D eigenvalue weighted by atomic mass is 35.5. The Morgan fingerprint density at radius 3 is 2.67 bits per heavy atom. The molecule has 0 aromatic heterocycles. The lowest BCUT2D eigenvalue weighted by molar-refractivity contribution is -0.145. The van der Waals surface area contributed by atoms with Gasteiger partial charge in [-0.05, 0) is 43.9 Å². The maximum Gasteiger partial charge on any atom is 0.243 e. The standard InChI is InChI=1S/C21H31N3O2.ClH/c1-4-14(2)21(26)24-13-17-9-6-5-8-16(17)12-19(24)20(25)23-18-10-7-11-22-15(18)3;/h5-6,8-9,14-15,18-19,22H,4,7,10-13H2,1-3H3,(H,23,25);1H. The van der Waals surface area contributed by atoms with E-state index in [1.165, 1.54) is 5.56 Å². The van der Waals surface area contributed by atoms with Gasteiger partial charge in [0.25, 0.3) is 0 Å². The Kier molecular flexibility index (Phi) is 7.68. The monoisotopic (exact) mass is 393 g/mol. The van der Waals surface area contributed by atoms with Crippen LogP contribution in [0.15, 0.2) is 24.3 Å². The number of nitrogens with zero attached hydrogens (tertiary/aromatic N) is 1. The normalized spacial score (nSPS) is 25.7. The van der Waals surface area contributed by atoms with Crippen molar-refractivity contribution >= 4 is 24.2 Å². The first kappa shape index (κ1) is 21.7. The zero-order chi connectivity index (χ0) is 18.7. The molecule has 1 aromatic rings. The molecule has 0 radical (unpaired) electrons. The largest absolute Gasteiger partial charge is 0.350 e. The molecule has 27 heavy (non-hydrogen) atoms. The van der Waals surface area contributed by atoms with E-state index in [1.807, 2.05) is 26.0 Å². The summed E-state index contributed by atoms with van der Waals surface area (Å²) < 4.78 is 0. The number of piperidine rings is 1. The molecule has 4 unspecified atom stereocenters. The summed E-state index contributed by atoms with van der Waals surface area (Å²) in [4.78, 5) is 27.9. The van der Waals surface area contributed by atoms with Gasteiger partial charge in [0.15, 0.2) is 0 Å². The highest BCUT2D eigenvalue weighted by Crippen LogP contribution is 2.26. The average molecular weight is 394 g/mol. The van der Waals surface area contributed by atoms with Crippen molar-refractivity contribution in [3.05, 3.63) is 35.4 Å². The van der Waals surface area contributed by atoms with Crippen molar-refractivity contribution in [2.24, 2.45) is 5.92 Å². The number of nitrogens with one attached hydrogen (secondary N) is 2. The van der Waals surface area contributed by atoms with E-state index in [-0.39, 0.29) is 42.2 Å². The zero-order valence-electron chi connectivity index (χ0n) is 16.5. The molecule has 3 rings (SSSR count). The highest BCUT2D eigenvalue weighted by Gasteiger charge is 2.37. The molecule has 2 amide bonds. The molecular formula is C21H32ClN3O2. The molecule has 0 aliphatic carbocycles. The van der Waals surface area contributed by atoms with Crippen molar-refractivity contribution in [2.75, 3.05) is 6.54 Å². The summed E-state index contributed by atoms with van der Waals surface area (Å²) in [5, 5.41) is 6.64. The van der Waals surface area contributed by atoms with Gasteiger partial charge < -0.3 is 15.5 Å². The van der Waals surface area contributed by atoms with E-state index in [4.69, 9.17) is 0 Å². The van der Waals surface area contributed by atoms with Gasteiger partial charge in [-0.25, -0.2) is 0 Å².